The van der Waals surface area contributed by atoms with Crippen LogP contribution in [0.25, 0.3) is 10.2 Å². The predicted molar refractivity (Wildman–Crippen MR) is 132 cm³/mol. The molecule has 0 bridgehead atoms. The van der Waals surface area contributed by atoms with Gasteiger partial charge in [-0.2, -0.15) is 0 Å². The fraction of sp³-hybridized carbons (Fsp3) is 0.364. The normalized spacial score (nSPS) is 11.8. The standard InChI is InChI=1S/C22H27N3O4S3/c1-24(2)13-14-25(20(26)12-15-30-17-10-8-16(29-3)9-11-17)22-23-21-18(31-22)6-5-7-19(21)32(4,27)28/h5-11H,12-15H2,1-4H3. The van der Waals surface area contributed by atoms with E-state index in [-0.39, 0.29) is 10.8 Å². The quantitative estimate of drug-likeness (QED) is 0.398. The van der Waals surface area contributed by atoms with Crippen molar-refractivity contribution in [1.82, 2.24) is 9.88 Å². The average molecular weight is 494 g/mol. The fourth-order valence-corrected chi connectivity index (χ4v) is 5.79. The number of thiazole rings is 1. The molecule has 3 rings (SSSR count). The van der Waals surface area contributed by atoms with Gasteiger partial charge in [0.2, 0.25) is 5.91 Å². The summed E-state index contributed by atoms with van der Waals surface area (Å²) in [6.07, 6.45) is 1.52. The maximum Gasteiger partial charge on any atom is 0.229 e. The summed E-state index contributed by atoms with van der Waals surface area (Å²) in [6, 6.07) is 12.8. The van der Waals surface area contributed by atoms with Crippen LogP contribution in [0.5, 0.6) is 5.75 Å². The molecule has 3 aromatic rings. The number of hydrogen-bond donors (Lipinski definition) is 0. The molecule has 0 spiro atoms. The van der Waals surface area contributed by atoms with Crippen molar-refractivity contribution in [1.29, 1.82) is 0 Å². The number of ether oxygens (including phenoxy) is 1. The van der Waals surface area contributed by atoms with Crippen molar-refractivity contribution in [3.05, 3.63) is 42.5 Å². The van der Waals surface area contributed by atoms with Crippen LogP contribution in [0.1, 0.15) is 6.42 Å². The first kappa shape index (κ1) is 24.5. The van der Waals surface area contributed by atoms with Crippen LogP contribution in [-0.4, -0.2) is 70.5 Å². The Morgan fingerprint density at radius 3 is 2.47 bits per heavy atom. The van der Waals surface area contributed by atoms with E-state index < -0.39 is 9.84 Å². The minimum Gasteiger partial charge on any atom is -0.497 e. The van der Waals surface area contributed by atoms with Crippen LogP contribution in [0.3, 0.4) is 0 Å². The Hall–Kier alpha value is -2.14. The molecule has 0 fully saturated rings. The molecule has 10 heteroatoms. The number of amides is 1. The molecule has 0 saturated heterocycles. The number of sulfone groups is 1. The highest BCUT2D eigenvalue weighted by Crippen LogP contribution is 2.33. The maximum atomic E-state index is 13.1. The molecule has 0 radical (unpaired) electrons. The van der Waals surface area contributed by atoms with E-state index in [1.165, 1.54) is 17.6 Å². The SMILES string of the molecule is COc1ccc(SCCC(=O)N(CCN(C)C)c2nc3c(S(C)(=O)=O)cccc3s2)cc1. The molecule has 0 N–H and O–H groups in total. The zero-order chi connectivity index (χ0) is 23.3. The van der Waals surface area contributed by atoms with Crippen LogP contribution < -0.4 is 9.64 Å². The van der Waals surface area contributed by atoms with Crippen LogP contribution in [0, 0.1) is 0 Å². The first-order chi connectivity index (χ1) is 15.2. The molecule has 32 heavy (non-hydrogen) atoms. The summed E-state index contributed by atoms with van der Waals surface area (Å²) in [6.45, 7) is 1.15. The van der Waals surface area contributed by atoms with Gasteiger partial charge in [0.1, 0.15) is 11.3 Å². The van der Waals surface area contributed by atoms with Gasteiger partial charge in [-0.25, -0.2) is 13.4 Å². The number of thioether (sulfide) groups is 1. The number of anilines is 1. The number of nitrogens with zero attached hydrogens (tertiary/aromatic N) is 3. The smallest absolute Gasteiger partial charge is 0.229 e. The number of carbonyl (C=O) groups is 1. The number of likely N-dealkylation sites (N-methyl/N-ethyl adjacent to an activating group) is 1. The van der Waals surface area contributed by atoms with Crippen molar-refractivity contribution in [2.24, 2.45) is 0 Å². The molecule has 0 aliphatic carbocycles. The predicted octanol–water partition coefficient (Wildman–Crippen LogP) is 3.79. The van der Waals surface area contributed by atoms with E-state index >= 15 is 0 Å². The van der Waals surface area contributed by atoms with Crippen LogP contribution in [-0.2, 0) is 14.6 Å². The van der Waals surface area contributed by atoms with E-state index in [1.807, 2.05) is 49.3 Å². The van der Waals surface area contributed by atoms with Crippen LogP contribution >= 0.6 is 23.1 Å². The second-order valence-electron chi connectivity index (χ2n) is 7.49. The Bertz CT molecular complexity index is 1170. The van der Waals surface area contributed by atoms with E-state index in [0.717, 1.165) is 15.3 Å². The van der Waals surface area contributed by atoms with Crippen molar-refractivity contribution in [3.63, 3.8) is 0 Å². The number of carbonyl (C=O) groups excluding carboxylic acids is 1. The average Bonchev–Trinajstić information content (AvgIpc) is 3.17. The van der Waals surface area contributed by atoms with Crippen molar-refractivity contribution in [2.75, 3.05) is 51.2 Å². The van der Waals surface area contributed by atoms with E-state index in [0.29, 0.717) is 35.9 Å². The highest BCUT2D eigenvalue weighted by Gasteiger charge is 2.22. The lowest BCUT2D eigenvalue weighted by atomic mass is 10.3. The Labute approximate surface area is 197 Å². The molecule has 1 aromatic heterocycles. The zero-order valence-corrected chi connectivity index (χ0v) is 21.0. The van der Waals surface area contributed by atoms with E-state index in [1.54, 1.807) is 35.9 Å². The second kappa shape index (κ2) is 10.7. The van der Waals surface area contributed by atoms with Gasteiger partial charge in [-0.05, 0) is 50.5 Å². The molecule has 0 aliphatic heterocycles. The van der Waals surface area contributed by atoms with Gasteiger partial charge < -0.3 is 9.64 Å². The molecule has 7 nitrogen and oxygen atoms in total. The lowest BCUT2D eigenvalue weighted by Crippen LogP contribution is -2.36. The Balaban J connectivity index is 1.78. The first-order valence-electron chi connectivity index (χ1n) is 10.0. The summed E-state index contributed by atoms with van der Waals surface area (Å²) in [5.74, 6) is 1.39. The summed E-state index contributed by atoms with van der Waals surface area (Å²) in [7, 11) is 2.11. The van der Waals surface area contributed by atoms with Gasteiger partial charge in [-0.1, -0.05) is 17.4 Å². The fourth-order valence-electron chi connectivity index (χ4n) is 3.02. The van der Waals surface area contributed by atoms with Gasteiger partial charge in [0.25, 0.3) is 0 Å². The summed E-state index contributed by atoms with van der Waals surface area (Å²) in [5, 5.41) is 0.525. The number of para-hydroxylation sites is 1. The molecule has 0 unspecified atom stereocenters. The van der Waals surface area contributed by atoms with Gasteiger partial charge in [0.05, 0.1) is 16.7 Å². The molecular formula is C22H27N3O4S3. The molecule has 172 valence electrons. The molecule has 0 saturated carbocycles. The third-order valence-electron chi connectivity index (χ3n) is 4.72. The van der Waals surface area contributed by atoms with Crippen molar-refractivity contribution < 1.29 is 17.9 Å². The van der Waals surface area contributed by atoms with Crippen LogP contribution in [0.2, 0.25) is 0 Å². The molecule has 0 atom stereocenters. The molecule has 1 heterocycles. The number of methoxy groups -OCH3 is 1. The Morgan fingerprint density at radius 1 is 1.12 bits per heavy atom. The third-order valence-corrected chi connectivity index (χ3v) is 7.90. The Kier molecular flexibility index (Phi) is 8.16. The molecular weight excluding hydrogens is 466 g/mol. The van der Waals surface area contributed by atoms with E-state index in [9.17, 15) is 13.2 Å². The maximum absolute atomic E-state index is 13.1. The van der Waals surface area contributed by atoms with E-state index in [4.69, 9.17) is 4.74 Å². The van der Waals surface area contributed by atoms with Gasteiger partial charge in [0, 0.05) is 36.4 Å². The van der Waals surface area contributed by atoms with Gasteiger partial charge in [-0.3, -0.25) is 9.69 Å². The summed E-state index contributed by atoms with van der Waals surface area (Å²) in [5.41, 5.74) is 0.422. The third kappa shape index (κ3) is 6.22. The van der Waals surface area contributed by atoms with Crippen molar-refractivity contribution in [3.8, 4) is 5.75 Å². The van der Waals surface area contributed by atoms with Gasteiger partial charge in [0.15, 0.2) is 15.0 Å². The van der Waals surface area contributed by atoms with E-state index in [2.05, 4.69) is 4.98 Å². The number of rotatable bonds is 10. The van der Waals surface area contributed by atoms with Crippen LogP contribution in [0.15, 0.2) is 52.3 Å². The second-order valence-corrected chi connectivity index (χ2v) is 11.7. The van der Waals surface area contributed by atoms with Crippen molar-refractivity contribution in [2.45, 2.75) is 16.2 Å². The van der Waals surface area contributed by atoms with Crippen LogP contribution in [0.4, 0.5) is 5.13 Å². The molecule has 2 aromatic carbocycles. The van der Waals surface area contributed by atoms with Gasteiger partial charge in [-0.15, -0.1) is 11.8 Å². The highest BCUT2D eigenvalue weighted by molar-refractivity contribution is 7.99. The minimum atomic E-state index is -3.42. The summed E-state index contributed by atoms with van der Waals surface area (Å²) >= 11 is 2.95. The zero-order valence-electron chi connectivity index (χ0n) is 18.6. The van der Waals surface area contributed by atoms with Gasteiger partial charge >= 0.3 is 0 Å². The summed E-state index contributed by atoms with van der Waals surface area (Å²) in [4.78, 5) is 22.6. The minimum absolute atomic E-state index is 0.0344. The Morgan fingerprint density at radius 2 is 1.84 bits per heavy atom. The molecule has 1 amide bonds. The topological polar surface area (TPSA) is 79.8 Å². The summed E-state index contributed by atoms with van der Waals surface area (Å²) < 4.78 is 30.2. The number of aromatic nitrogens is 1. The lowest BCUT2D eigenvalue weighted by molar-refractivity contribution is -0.118. The first-order valence-corrected chi connectivity index (χ1v) is 13.7. The number of fused-ring (bicyclic) bond motifs is 1. The monoisotopic (exact) mass is 493 g/mol. The number of hydrogen-bond acceptors (Lipinski definition) is 8. The lowest BCUT2D eigenvalue weighted by Gasteiger charge is -2.22. The van der Waals surface area contributed by atoms with Crippen molar-refractivity contribution >= 4 is 54.2 Å². The number of benzene rings is 2. The highest BCUT2D eigenvalue weighted by atomic mass is 32.2. The molecule has 0 aliphatic rings. The largest absolute Gasteiger partial charge is 0.497 e.